The number of likely N-dealkylation sites (tertiary alicyclic amines) is 1. The Kier molecular flexibility index (Phi) is 8.05. The molecule has 2 fully saturated rings. The number of carbonyl (C=O) groups excluding carboxylic acids is 3. The summed E-state index contributed by atoms with van der Waals surface area (Å²) in [5, 5.41) is 6.19. The van der Waals surface area contributed by atoms with Crippen molar-refractivity contribution >= 4 is 46.7 Å². The van der Waals surface area contributed by atoms with Gasteiger partial charge < -0.3 is 25.3 Å². The predicted octanol–water partition coefficient (Wildman–Crippen LogP) is 5.07. The summed E-state index contributed by atoms with van der Waals surface area (Å²) in [6.45, 7) is 5.78. The summed E-state index contributed by atoms with van der Waals surface area (Å²) in [7, 11) is -5.76. The van der Waals surface area contributed by atoms with Crippen LogP contribution in [0.3, 0.4) is 0 Å². The van der Waals surface area contributed by atoms with Gasteiger partial charge in [0, 0.05) is 16.8 Å². The molecule has 0 radical (unpaired) electrons. The van der Waals surface area contributed by atoms with E-state index in [1.54, 1.807) is 20.8 Å². The molecule has 3 amide bonds. The Hall–Kier alpha value is -3.18. The third kappa shape index (κ3) is 6.11. The molecule has 43 heavy (non-hydrogen) atoms. The second kappa shape index (κ2) is 11.1. The minimum Gasteiger partial charge on any atom is -0.345 e. The molecular weight excluding hydrogens is 599 g/mol. The summed E-state index contributed by atoms with van der Waals surface area (Å²) >= 11 is 1.01. The van der Waals surface area contributed by atoms with Gasteiger partial charge in [0.25, 0.3) is 5.91 Å². The first-order valence-corrected chi connectivity index (χ1v) is 16.4. The standard InChI is InChI=1S/C30H34F2N3O6PS/c1-28(2,3)24(33-26(37)23-17-18-16-20(11-12-22(18)43-23)30(31,32)42(39,40)41)27(38)35-15-7-10-21(35)25(36)34-29(13-14-29)19-8-5-4-6-9-19/h4-6,8-9,11-12,16-17,21,24H,7,10,13-15H2,1-3H3,(H,33,37)(H,34,36)(H2,39,40,41)/t21-,24?/m0/s1. The molecule has 2 atom stereocenters. The van der Waals surface area contributed by atoms with Gasteiger partial charge in [0.05, 0.1) is 10.4 Å². The number of alkyl halides is 2. The predicted molar refractivity (Wildman–Crippen MR) is 159 cm³/mol. The lowest BCUT2D eigenvalue weighted by Crippen LogP contribution is -2.58. The third-order valence-corrected chi connectivity index (χ3v) is 10.2. The highest BCUT2D eigenvalue weighted by molar-refractivity contribution is 7.52. The molecule has 230 valence electrons. The fourth-order valence-corrected chi connectivity index (χ4v) is 6.94. The van der Waals surface area contributed by atoms with Crippen LogP contribution in [-0.2, 0) is 25.4 Å². The van der Waals surface area contributed by atoms with Crippen LogP contribution in [0.1, 0.15) is 67.3 Å². The summed E-state index contributed by atoms with van der Waals surface area (Å²) < 4.78 is 40.3. The molecule has 5 rings (SSSR count). The van der Waals surface area contributed by atoms with Gasteiger partial charge in [0.1, 0.15) is 12.1 Å². The van der Waals surface area contributed by atoms with E-state index in [0.717, 1.165) is 41.9 Å². The molecule has 2 heterocycles. The Labute approximate surface area is 251 Å². The van der Waals surface area contributed by atoms with E-state index in [1.807, 2.05) is 30.3 Å². The number of fused-ring (bicyclic) bond motifs is 1. The number of halogens is 2. The molecular formula is C30H34F2N3O6PS. The van der Waals surface area contributed by atoms with E-state index in [9.17, 15) is 27.7 Å². The summed E-state index contributed by atoms with van der Waals surface area (Å²) in [5.74, 6) is -1.20. The topological polar surface area (TPSA) is 136 Å². The van der Waals surface area contributed by atoms with Crippen molar-refractivity contribution < 1.29 is 37.5 Å². The smallest absolute Gasteiger partial charge is 0.345 e. The van der Waals surface area contributed by atoms with Gasteiger partial charge in [-0.2, -0.15) is 8.78 Å². The molecule has 2 aromatic carbocycles. The van der Waals surface area contributed by atoms with Crippen molar-refractivity contribution in [3.05, 3.63) is 70.6 Å². The minimum absolute atomic E-state index is 0.142. The summed E-state index contributed by atoms with van der Waals surface area (Å²) in [5.41, 5.74) is -5.37. The highest BCUT2D eigenvalue weighted by Gasteiger charge is 2.51. The van der Waals surface area contributed by atoms with Crippen LogP contribution >= 0.6 is 18.9 Å². The van der Waals surface area contributed by atoms with Crippen LogP contribution in [0, 0.1) is 5.41 Å². The van der Waals surface area contributed by atoms with Gasteiger partial charge in [0.2, 0.25) is 11.8 Å². The van der Waals surface area contributed by atoms with Crippen molar-refractivity contribution in [3.8, 4) is 0 Å². The molecule has 1 aliphatic heterocycles. The van der Waals surface area contributed by atoms with Crippen LogP contribution in [0.25, 0.3) is 10.1 Å². The Balaban J connectivity index is 1.33. The van der Waals surface area contributed by atoms with Crippen molar-refractivity contribution in [1.82, 2.24) is 15.5 Å². The van der Waals surface area contributed by atoms with Crippen molar-refractivity contribution in [2.24, 2.45) is 5.41 Å². The first-order valence-electron chi connectivity index (χ1n) is 14.0. The highest BCUT2D eigenvalue weighted by Crippen LogP contribution is 2.59. The number of nitrogens with zero attached hydrogens (tertiary/aromatic N) is 1. The minimum atomic E-state index is -5.76. The second-order valence-electron chi connectivity index (χ2n) is 12.3. The van der Waals surface area contributed by atoms with Gasteiger partial charge in [-0.3, -0.25) is 18.9 Å². The maximum Gasteiger partial charge on any atom is 0.399 e. The molecule has 1 saturated carbocycles. The molecule has 0 spiro atoms. The fraction of sp³-hybridized carbons (Fsp3) is 0.433. The van der Waals surface area contributed by atoms with Crippen LogP contribution in [-0.4, -0.2) is 51.0 Å². The van der Waals surface area contributed by atoms with Gasteiger partial charge >= 0.3 is 13.3 Å². The van der Waals surface area contributed by atoms with E-state index in [2.05, 4.69) is 10.6 Å². The Morgan fingerprint density at radius 1 is 1.07 bits per heavy atom. The molecule has 4 N–H and O–H groups in total. The largest absolute Gasteiger partial charge is 0.399 e. The molecule has 1 saturated heterocycles. The highest BCUT2D eigenvalue weighted by atomic mass is 32.1. The quantitative estimate of drug-likeness (QED) is 0.256. The number of amides is 3. The van der Waals surface area contributed by atoms with E-state index in [0.29, 0.717) is 24.1 Å². The number of thiophene rings is 1. The van der Waals surface area contributed by atoms with Crippen LogP contribution in [0.5, 0.6) is 0 Å². The van der Waals surface area contributed by atoms with E-state index >= 15 is 0 Å². The van der Waals surface area contributed by atoms with Crippen molar-refractivity contribution in [2.45, 2.75) is 69.7 Å². The van der Waals surface area contributed by atoms with Crippen molar-refractivity contribution in [1.29, 1.82) is 0 Å². The van der Waals surface area contributed by atoms with E-state index < -0.39 is 47.8 Å². The lowest BCUT2D eigenvalue weighted by Gasteiger charge is -2.35. The van der Waals surface area contributed by atoms with Gasteiger partial charge in [0.15, 0.2) is 0 Å². The van der Waals surface area contributed by atoms with Crippen molar-refractivity contribution in [3.63, 3.8) is 0 Å². The maximum absolute atomic E-state index is 14.3. The van der Waals surface area contributed by atoms with Gasteiger partial charge in [-0.25, -0.2) is 0 Å². The SMILES string of the molecule is CC(C)(C)C(NC(=O)c1cc2cc(C(F)(F)P(=O)(O)O)ccc2s1)C(=O)N1CCC[C@H]1C(=O)NC1(c2ccccc2)CC1. The number of rotatable bonds is 8. The maximum atomic E-state index is 14.3. The van der Waals surface area contributed by atoms with E-state index in [-0.39, 0.29) is 22.1 Å². The van der Waals surface area contributed by atoms with E-state index in [4.69, 9.17) is 9.79 Å². The number of benzene rings is 2. The molecule has 2 aliphatic rings. The van der Waals surface area contributed by atoms with Crippen LogP contribution in [0.2, 0.25) is 0 Å². The molecule has 1 aromatic heterocycles. The molecule has 13 heteroatoms. The van der Waals surface area contributed by atoms with Crippen LogP contribution in [0.4, 0.5) is 8.78 Å². The van der Waals surface area contributed by atoms with Crippen molar-refractivity contribution in [2.75, 3.05) is 6.54 Å². The molecule has 1 unspecified atom stereocenters. The summed E-state index contributed by atoms with van der Waals surface area (Å²) in [6, 6.07) is 12.6. The van der Waals surface area contributed by atoms with E-state index in [1.165, 1.54) is 17.0 Å². The molecule has 0 bridgehead atoms. The first kappa shape index (κ1) is 31.3. The van der Waals surface area contributed by atoms with Gasteiger partial charge in [-0.05, 0) is 60.2 Å². The Morgan fingerprint density at radius 3 is 2.35 bits per heavy atom. The zero-order valence-electron chi connectivity index (χ0n) is 24.0. The number of hydrogen-bond donors (Lipinski definition) is 4. The number of hydrogen-bond acceptors (Lipinski definition) is 5. The molecule has 3 aromatic rings. The zero-order valence-corrected chi connectivity index (χ0v) is 25.7. The van der Waals surface area contributed by atoms with Crippen LogP contribution < -0.4 is 10.6 Å². The Morgan fingerprint density at radius 2 is 1.74 bits per heavy atom. The average Bonchev–Trinajstić information content (AvgIpc) is 3.34. The molecule has 1 aliphatic carbocycles. The van der Waals surface area contributed by atoms with Gasteiger partial charge in [-0.15, -0.1) is 11.3 Å². The number of carbonyl (C=O) groups is 3. The molecule has 9 nitrogen and oxygen atoms in total. The summed E-state index contributed by atoms with van der Waals surface area (Å²) in [4.78, 5) is 60.6. The fourth-order valence-electron chi connectivity index (χ4n) is 5.52. The normalized spacial score (nSPS) is 19.2. The van der Waals surface area contributed by atoms with Gasteiger partial charge in [-0.1, -0.05) is 57.2 Å². The average molecular weight is 634 g/mol. The van der Waals surface area contributed by atoms with Crippen LogP contribution in [0.15, 0.2) is 54.6 Å². The lowest BCUT2D eigenvalue weighted by atomic mass is 9.85. The zero-order chi connectivity index (χ0) is 31.4. The summed E-state index contributed by atoms with van der Waals surface area (Å²) in [6.07, 6.45) is 2.78. The lowest BCUT2D eigenvalue weighted by molar-refractivity contribution is -0.142. The number of nitrogens with one attached hydrogen (secondary N) is 2. The second-order valence-corrected chi connectivity index (χ2v) is 15.1. The third-order valence-electron chi connectivity index (χ3n) is 8.12. The first-order chi connectivity index (χ1) is 20.0. The monoisotopic (exact) mass is 633 g/mol. The Bertz CT molecular complexity index is 1610.